The highest BCUT2D eigenvalue weighted by atomic mass is 16.7. The topological polar surface area (TPSA) is 189 Å². The summed E-state index contributed by atoms with van der Waals surface area (Å²) in [5.41, 5.74) is 4.14. The molecule has 2 aromatic carbocycles. The molecule has 5 atom stereocenters. The second-order valence-electron chi connectivity index (χ2n) is 12.9. The number of rotatable bonds is 17. The van der Waals surface area contributed by atoms with Gasteiger partial charge in [0.05, 0.1) is 52.4 Å². The van der Waals surface area contributed by atoms with Crippen LogP contribution in [0.5, 0.6) is 0 Å². The number of aromatic nitrogens is 4. The van der Waals surface area contributed by atoms with E-state index in [9.17, 15) is 20.6 Å². The molecule has 0 amide bonds. The minimum absolute atomic E-state index is 0.101. The Morgan fingerprint density at radius 2 is 1.65 bits per heavy atom. The Balaban J connectivity index is 0.865. The molecule has 15 heteroatoms. The first-order valence-corrected chi connectivity index (χ1v) is 17.7. The number of ether oxygens (including phenoxy) is 5. The molecule has 2 aromatic heterocycles. The summed E-state index contributed by atoms with van der Waals surface area (Å²) in [4.78, 5) is 6.88. The molecule has 2 aliphatic heterocycles. The van der Waals surface area contributed by atoms with Crippen molar-refractivity contribution in [2.45, 2.75) is 63.1 Å². The number of benzene rings is 2. The fraction of sp³-hybridized carbons (Fsp3) is 0.514. The van der Waals surface area contributed by atoms with E-state index in [1.807, 2.05) is 6.07 Å². The Morgan fingerprint density at radius 3 is 2.44 bits per heavy atom. The molecule has 0 spiro atoms. The molecule has 4 N–H and O–H groups in total. The van der Waals surface area contributed by atoms with Gasteiger partial charge < -0.3 is 49.2 Å². The molecule has 4 aromatic rings. The van der Waals surface area contributed by atoms with E-state index < -0.39 is 30.7 Å². The monoisotopic (exact) mass is 717 g/mol. The lowest BCUT2D eigenvalue weighted by Crippen LogP contribution is -2.58. The summed E-state index contributed by atoms with van der Waals surface area (Å²) in [7, 11) is 1.34. The first-order valence-electron chi connectivity index (χ1n) is 17.7. The van der Waals surface area contributed by atoms with Gasteiger partial charge in [-0.2, -0.15) is 5.26 Å². The van der Waals surface area contributed by atoms with Gasteiger partial charge in [0.2, 0.25) is 0 Å². The Hall–Kier alpha value is -4.24. The van der Waals surface area contributed by atoms with Gasteiger partial charge in [-0.3, -0.25) is 0 Å². The molecule has 2 aliphatic rings. The van der Waals surface area contributed by atoms with Gasteiger partial charge in [-0.05, 0) is 59.9 Å². The molecule has 15 nitrogen and oxygen atoms in total. The van der Waals surface area contributed by atoms with Crippen molar-refractivity contribution in [3.8, 4) is 17.2 Å². The van der Waals surface area contributed by atoms with Crippen molar-refractivity contribution in [2.24, 2.45) is 0 Å². The molecule has 0 aliphatic carbocycles. The Bertz CT molecular complexity index is 1780. The standard InChI is InChI=1S/C37H47N7O8/c1-48-37-35(47)34(46)33(45)32(52-37)23-44-22-28(41-42-44)24-51-18-17-50-16-15-49-14-11-40-36-31(21-38)30(9-10-39-36)27-6-5-26-20-29(8-7-25(26)19-27)43-12-3-2-4-13-43/h5-10,19-20,22,32-35,37,45-47H,2-4,11-18,23-24H2,1H3,(H,39,40)/t32-,33-,34+,35-,37+/m1/s1. The summed E-state index contributed by atoms with van der Waals surface area (Å²) >= 11 is 0. The van der Waals surface area contributed by atoms with E-state index in [0.717, 1.165) is 29.6 Å². The summed E-state index contributed by atoms with van der Waals surface area (Å²) in [6.45, 7) is 4.92. The van der Waals surface area contributed by atoms with E-state index in [4.69, 9.17) is 23.7 Å². The van der Waals surface area contributed by atoms with E-state index in [1.165, 1.54) is 42.1 Å². The largest absolute Gasteiger partial charge is 0.388 e. The highest BCUT2D eigenvalue weighted by Crippen LogP contribution is 2.32. The Morgan fingerprint density at radius 1 is 0.904 bits per heavy atom. The van der Waals surface area contributed by atoms with Crippen LogP contribution < -0.4 is 10.2 Å². The molecule has 4 heterocycles. The van der Waals surface area contributed by atoms with Gasteiger partial charge in [0.1, 0.15) is 47.6 Å². The number of piperidine rings is 1. The number of anilines is 2. The fourth-order valence-electron chi connectivity index (χ4n) is 6.50. The first kappa shape index (κ1) is 37.5. The zero-order chi connectivity index (χ0) is 36.3. The van der Waals surface area contributed by atoms with Crippen LogP contribution in [-0.2, 0) is 36.8 Å². The lowest BCUT2D eigenvalue weighted by atomic mass is 9.98. The van der Waals surface area contributed by atoms with Gasteiger partial charge in [0.15, 0.2) is 6.29 Å². The quantitative estimate of drug-likeness (QED) is 0.117. The molecule has 0 bridgehead atoms. The van der Waals surface area contributed by atoms with Gasteiger partial charge in [-0.15, -0.1) is 5.10 Å². The minimum atomic E-state index is -1.41. The van der Waals surface area contributed by atoms with Crippen LogP contribution in [0, 0.1) is 11.3 Å². The van der Waals surface area contributed by atoms with Crippen LogP contribution in [-0.4, -0.2) is 126 Å². The predicted octanol–water partition coefficient (Wildman–Crippen LogP) is 2.47. The molecule has 0 saturated carbocycles. The van der Waals surface area contributed by atoms with Crippen LogP contribution in [0.2, 0.25) is 0 Å². The maximum absolute atomic E-state index is 10.2. The number of aliphatic hydroxyl groups is 3. The van der Waals surface area contributed by atoms with E-state index in [0.29, 0.717) is 56.7 Å². The molecule has 2 fully saturated rings. The summed E-state index contributed by atoms with van der Waals surface area (Å²) < 4.78 is 28.9. The predicted molar refractivity (Wildman–Crippen MR) is 191 cm³/mol. The number of pyridine rings is 1. The number of hydrogen-bond acceptors (Lipinski definition) is 14. The number of fused-ring (bicyclic) bond motifs is 1. The average molecular weight is 718 g/mol. The second-order valence-corrected chi connectivity index (χ2v) is 12.9. The van der Waals surface area contributed by atoms with Gasteiger partial charge in [-0.1, -0.05) is 23.4 Å². The van der Waals surface area contributed by atoms with Crippen molar-refractivity contribution < 1.29 is 39.0 Å². The number of methoxy groups -OCH3 is 1. The lowest BCUT2D eigenvalue weighted by molar-refractivity contribution is -0.292. The third-order valence-electron chi connectivity index (χ3n) is 9.31. The molecule has 278 valence electrons. The van der Waals surface area contributed by atoms with Crippen molar-refractivity contribution >= 4 is 22.3 Å². The van der Waals surface area contributed by atoms with Gasteiger partial charge in [0, 0.05) is 44.2 Å². The third-order valence-corrected chi connectivity index (χ3v) is 9.31. The van der Waals surface area contributed by atoms with Crippen LogP contribution in [0.3, 0.4) is 0 Å². The average Bonchev–Trinajstić information content (AvgIpc) is 3.63. The van der Waals surface area contributed by atoms with Crippen LogP contribution >= 0.6 is 0 Å². The molecule has 0 radical (unpaired) electrons. The van der Waals surface area contributed by atoms with Gasteiger partial charge in [-0.25, -0.2) is 9.67 Å². The highest BCUT2D eigenvalue weighted by molar-refractivity contribution is 5.91. The fourth-order valence-corrected chi connectivity index (χ4v) is 6.50. The summed E-state index contributed by atoms with van der Waals surface area (Å²) in [6, 6.07) is 17.2. The first-order chi connectivity index (χ1) is 25.4. The number of hydrogen-bond donors (Lipinski definition) is 4. The van der Waals surface area contributed by atoms with E-state index in [-0.39, 0.29) is 13.2 Å². The number of nitriles is 1. The maximum atomic E-state index is 10.2. The minimum Gasteiger partial charge on any atom is -0.388 e. The van der Waals surface area contributed by atoms with E-state index in [1.54, 1.807) is 12.4 Å². The number of aliphatic hydroxyl groups excluding tert-OH is 3. The van der Waals surface area contributed by atoms with Crippen LogP contribution in [0.1, 0.15) is 30.5 Å². The van der Waals surface area contributed by atoms with Crippen LogP contribution in [0.4, 0.5) is 11.5 Å². The van der Waals surface area contributed by atoms with Crippen LogP contribution in [0.15, 0.2) is 54.9 Å². The molecule has 2 saturated heterocycles. The van der Waals surface area contributed by atoms with Crippen molar-refractivity contribution in [1.82, 2.24) is 20.0 Å². The lowest BCUT2D eigenvalue weighted by Gasteiger charge is -2.39. The second kappa shape index (κ2) is 18.5. The van der Waals surface area contributed by atoms with E-state index >= 15 is 0 Å². The highest BCUT2D eigenvalue weighted by Gasteiger charge is 2.44. The Kier molecular flexibility index (Phi) is 13.3. The van der Waals surface area contributed by atoms with Gasteiger partial charge >= 0.3 is 0 Å². The van der Waals surface area contributed by atoms with Crippen LogP contribution in [0.25, 0.3) is 21.9 Å². The third kappa shape index (κ3) is 9.40. The smallest absolute Gasteiger partial charge is 0.186 e. The van der Waals surface area contributed by atoms with Crippen molar-refractivity contribution in [1.29, 1.82) is 5.26 Å². The normalized spacial score (nSPS) is 22.1. The van der Waals surface area contributed by atoms with E-state index in [2.05, 4.69) is 68.0 Å². The van der Waals surface area contributed by atoms with Crippen molar-refractivity contribution in [3.63, 3.8) is 0 Å². The number of nitrogens with zero attached hydrogens (tertiary/aromatic N) is 6. The maximum Gasteiger partial charge on any atom is 0.186 e. The molecule has 0 unspecified atom stereocenters. The SMILES string of the molecule is CO[C@H]1O[C@H](Cn2cc(COCCOCCOCCNc3nccc(-c4ccc5cc(N6CCCCC6)ccc5c4)c3C#N)nn2)[C@@H](O)[C@H](O)[C@H]1O. The molecule has 52 heavy (non-hydrogen) atoms. The summed E-state index contributed by atoms with van der Waals surface area (Å²) in [6.07, 6.45) is 1.18. The zero-order valence-electron chi connectivity index (χ0n) is 29.3. The zero-order valence-corrected chi connectivity index (χ0v) is 29.3. The van der Waals surface area contributed by atoms with Gasteiger partial charge in [0.25, 0.3) is 0 Å². The number of nitrogens with one attached hydrogen (secondary N) is 1. The Labute approximate surface area is 302 Å². The summed E-state index contributed by atoms with van der Waals surface area (Å²) in [5, 5.41) is 53.9. The molecular formula is C37H47N7O8. The molecule has 6 rings (SSSR count). The van der Waals surface area contributed by atoms with Crippen molar-refractivity contribution in [3.05, 3.63) is 66.1 Å². The van der Waals surface area contributed by atoms with Crippen molar-refractivity contribution in [2.75, 3.05) is 70.0 Å². The molecular weight excluding hydrogens is 670 g/mol. The summed E-state index contributed by atoms with van der Waals surface area (Å²) in [5.74, 6) is 0.524.